The maximum absolute atomic E-state index is 13.0. The number of anilines is 3. The van der Waals surface area contributed by atoms with Gasteiger partial charge < -0.3 is 5.32 Å². The molecule has 7 nitrogen and oxygen atoms in total. The van der Waals surface area contributed by atoms with Gasteiger partial charge in [-0.05, 0) is 48.9 Å². The molecule has 4 aromatic rings. The molecule has 0 atom stereocenters. The second-order valence-corrected chi connectivity index (χ2v) is 9.27. The molecule has 0 radical (unpaired) electrons. The summed E-state index contributed by atoms with van der Waals surface area (Å²) >= 11 is 7.55. The zero-order chi connectivity index (χ0) is 25.2. The van der Waals surface area contributed by atoms with Crippen LogP contribution in [0.1, 0.15) is 15.9 Å². The minimum Gasteiger partial charge on any atom is -0.350 e. The average molecular weight is 515 g/mol. The molecule has 36 heavy (non-hydrogen) atoms. The van der Waals surface area contributed by atoms with Crippen LogP contribution in [0.5, 0.6) is 0 Å². The van der Waals surface area contributed by atoms with Crippen LogP contribution >= 0.6 is 22.9 Å². The van der Waals surface area contributed by atoms with Gasteiger partial charge in [-0.3, -0.25) is 19.7 Å². The summed E-state index contributed by atoms with van der Waals surface area (Å²) in [4.78, 5) is 43.8. The van der Waals surface area contributed by atoms with Crippen molar-refractivity contribution in [3.8, 4) is 11.3 Å². The van der Waals surface area contributed by atoms with Gasteiger partial charge in [-0.1, -0.05) is 54.1 Å². The number of hydrogen-bond acceptors (Lipinski definition) is 6. The van der Waals surface area contributed by atoms with E-state index in [1.165, 1.54) is 11.3 Å². The average Bonchev–Trinajstić information content (AvgIpc) is 3.43. The van der Waals surface area contributed by atoms with Gasteiger partial charge >= 0.3 is 0 Å². The molecule has 5 rings (SSSR count). The summed E-state index contributed by atoms with van der Waals surface area (Å²) in [5.74, 6) is -1.45. The van der Waals surface area contributed by atoms with E-state index in [1.54, 1.807) is 42.5 Å². The van der Waals surface area contributed by atoms with E-state index in [0.717, 1.165) is 21.7 Å². The number of imide groups is 1. The number of benzene rings is 3. The van der Waals surface area contributed by atoms with E-state index in [1.807, 2.05) is 48.7 Å². The van der Waals surface area contributed by atoms with Gasteiger partial charge in [0.25, 0.3) is 17.7 Å². The third kappa shape index (κ3) is 4.64. The smallest absolute Gasteiger partial charge is 0.283 e. The zero-order valence-corrected chi connectivity index (χ0v) is 20.6. The second kappa shape index (κ2) is 9.77. The third-order valence-corrected chi connectivity index (χ3v) is 6.61. The zero-order valence-electron chi connectivity index (χ0n) is 19.0. The lowest BCUT2D eigenvalue weighted by Gasteiger charge is -2.15. The summed E-state index contributed by atoms with van der Waals surface area (Å²) in [6.07, 6.45) is 0. The highest BCUT2D eigenvalue weighted by atomic mass is 35.5. The maximum Gasteiger partial charge on any atom is 0.283 e. The predicted molar refractivity (Wildman–Crippen MR) is 142 cm³/mol. The summed E-state index contributed by atoms with van der Waals surface area (Å²) in [6, 6.07) is 23.2. The van der Waals surface area contributed by atoms with Crippen LogP contribution < -0.4 is 15.5 Å². The summed E-state index contributed by atoms with van der Waals surface area (Å²) in [5.41, 5.74) is 4.02. The summed E-state index contributed by atoms with van der Waals surface area (Å²) in [5, 5.41) is 7.90. The molecule has 9 heteroatoms. The van der Waals surface area contributed by atoms with Crippen molar-refractivity contribution in [3.63, 3.8) is 0 Å². The van der Waals surface area contributed by atoms with E-state index in [4.69, 9.17) is 11.6 Å². The van der Waals surface area contributed by atoms with Gasteiger partial charge in [-0.25, -0.2) is 9.88 Å². The van der Waals surface area contributed by atoms with Gasteiger partial charge in [-0.15, -0.1) is 11.3 Å². The van der Waals surface area contributed by atoms with Crippen molar-refractivity contribution in [2.75, 3.05) is 15.5 Å². The van der Waals surface area contributed by atoms with Gasteiger partial charge in [0, 0.05) is 22.2 Å². The molecular weight excluding hydrogens is 496 g/mol. The fourth-order valence-electron chi connectivity index (χ4n) is 3.70. The third-order valence-electron chi connectivity index (χ3n) is 5.50. The number of nitrogens with one attached hydrogen (secondary N) is 2. The number of hydrogen-bond donors (Lipinski definition) is 2. The normalized spacial score (nSPS) is 13.3. The number of carbonyl (C=O) groups excluding carboxylic acids is 3. The lowest BCUT2D eigenvalue weighted by Crippen LogP contribution is -2.32. The highest BCUT2D eigenvalue weighted by Gasteiger charge is 2.39. The number of halogens is 1. The van der Waals surface area contributed by atoms with Crippen molar-refractivity contribution in [3.05, 3.63) is 106 Å². The number of aromatic nitrogens is 1. The van der Waals surface area contributed by atoms with Crippen LogP contribution in [-0.2, 0) is 9.59 Å². The molecule has 0 aliphatic carbocycles. The molecule has 3 aromatic carbocycles. The Bertz CT molecular complexity index is 1510. The number of amides is 3. The van der Waals surface area contributed by atoms with E-state index < -0.39 is 11.8 Å². The lowest BCUT2D eigenvalue weighted by molar-refractivity contribution is -0.120. The summed E-state index contributed by atoms with van der Waals surface area (Å²) in [7, 11) is 0. The first kappa shape index (κ1) is 23.5. The van der Waals surface area contributed by atoms with Crippen molar-refractivity contribution >= 4 is 57.2 Å². The molecule has 0 spiro atoms. The topological polar surface area (TPSA) is 91.4 Å². The SMILES string of the molecule is Cc1cccc(N2C(=O)C(Cl)=C(Nc3ccc(C(=O)Nc4nc(-c5ccccc5)cs4)cc3)C2=O)c1. The largest absolute Gasteiger partial charge is 0.350 e. The van der Waals surface area contributed by atoms with Crippen LogP contribution in [0, 0.1) is 6.92 Å². The first-order valence-electron chi connectivity index (χ1n) is 11.0. The number of rotatable bonds is 6. The molecule has 1 aliphatic rings. The quantitative estimate of drug-likeness (QED) is 0.317. The number of carbonyl (C=O) groups is 3. The molecule has 0 unspecified atom stereocenters. The molecule has 2 N–H and O–H groups in total. The maximum atomic E-state index is 13.0. The Morgan fingerprint density at radius 3 is 2.42 bits per heavy atom. The van der Waals surface area contributed by atoms with Crippen LogP contribution in [0.15, 0.2) is 95.0 Å². The Morgan fingerprint density at radius 1 is 0.944 bits per heavy atom. The standard InChI is InChI=1S/C27H19ClN4O3S/c1-16-6-5-9-20(14-16)32-25(34)22(28)23(26(32)35)29-19-12-10-18(11-13-19)24(33)31-27-30-21(15-36-27)17-7-3-2-4-8-17/h2-15,29H,1H3,(H,30,31,33). The van der Waals surface area contributed by atoms with Crippen molar-refractivity contribution < 1.29 is 14.4 Å². The molecule has 0 saturated heterocycles. The van der Waals surface area contributed by atoms with Crippen LogP contribution in [0.4, 0.5) is 16.5 Å². The molecule has 178 valence electrons. The Labute approximate surface area is 216 Å². The van der Waals surface area contributed by atoms with Crippen molar-refractivity contribution in [1.82, 2.24) is 4.98 Å². The van der Waals surface area contributed by atoms with E-state index >= 15 is 0 Å². The molecular formula is C27H19ClN4O3S. The summed E-state index contributed by atoms with van der Waals surface area (Å²) < 4.78 is 0. The van der Waals surface area contributed by atoms with E-state index in [-0.39, 0.29) is 16.6 Å². The van der Waals surface area contributed by atoms with Crippen LogP contribution in [-0.4, -0.2) is 22.7 Å². The van der Waals surface area contributed by atoms with Gasteiger partial charge in [0.1, 0.15) is 10.7 Å². The number of nitrogens with zero attached hydrogens (tertiary/aromatic N) is 2. The number of thiazole rings is 1. The highest BCUT2D eigenvalue weighted by molar-refractivity contribution is 7.14. The summed E-state index contributed by atoms with van der Waals surface area (Å²) in [6.45, 7) is 1.87. The monoisotopic (exact) mass is 514 g/mol. The minimum absolute atomic E-state index is 0.0170. The predicted octanol–water partition coefficient (Wildman–Crippen LogP) is 5.81. The Kier molecular flexibility index (Phi) is 6.37. The molecule has 0 fully saturated rings. The fraction of sp³-hybridized carbons (Fsp3) is 0.0370. The second-order valence-electron chi connectivity index (χ2n) is 8.03. The minimum atomic E-state index is -0.593. The Morgan fingerprint density at radius 2 is 1.69 bits per heavy atom. The Balaban J connectivity index is 1.27. The first-order chi connectivity index (χ1) is 17.4. The molecule has 2 heterocycles. The van der Waals surface area contributed by atoms with Crippen LogP contribution in [0.2, 0.25) is 0 Å². The lowest BCUT2D eigenvalue weighted by atomic mass is 10.2. The van der Waals surface area contributed by atoms with Gasteiger partial charge in [0.15, 0.2) is 5.13 Å². The van der Waals surface area contributed by atoms with Gasteiger partial charge in [-0.2, -0.15) is 0 Å². The van der Waals surface area contributed by atoms with Gasteiger partial charge in [0.05, 0.1) is 11.4 Å². The molecule has 3 amide bonds. The number of aryl methyl sites for hydroxylation is 1. The fourth-order valence-corrected chi connectivity index (χ4v) is 4.63. The molecule has 1 aromatic heterocycles. The van der Waals surface area contributed by atoms with E-state index in [0.29, 0.717) is 22.1 Å². The first-order valence-corrected chi connectivity index (χ1v) is 12.2. The molecule has 1 aliphatic heterocycles. The van der Waals surface area contributed by atoms with Crippen LogP contribution in [0.3, 0.4) is 0 Å². The molecule has 0 saturated carbocycles. The van der Waals surface area contributed by atoms with E-state index in [2.05, 4.69) is 15.6 Å². The van der Waals surface area contributed by atoms with Crippen molar-refractivity contribution in [2.24, 2.45) is 0 Å². The van der Waals surface area contributed by atoms with Crippen molar-refractivity contribution in [2.45, 2.75) is 6.92 Å². The van der Waals surface area contributed by atoms with Crippen molar-refractivity contribution in [1.29, 1.82) is 0 Å². The molecule has 0 bridgehead atoms. The van der Waals surface area contributed by atoms with Gasteiger partial charge in [0.2, 0.25) is 0 Å². The van der Waals surface area contributed by atoms with Crippen LogP contribution in [0.25, 0.3) is 11.3 Å². The highest BCUT2D eigenvalue weighted by Crippen LogP contribution is 2.31. The van der Waals surface area contributed by atoms with E-state index in [9.17, 15) is 14.4 Å². The Hall–Kier alpha value is -4.27.